The molecule has 4 aliphatic carbocycles. The highest BCUT2D eigenvalue weighted by molar-refractivity contribution is 7.86. The molecule has 0 N–H and O–H groups in total. The lowest BCUT2D eigenvalue weighted by Gasteiger charge is -2.23. The maximum absolute atomic E-state index is 12.5. The number of Topliss-reactive ketones (excluding diaryl/α,β-unsaturated/α-hetero) is 1. The first kappa shape index (κ1) is 14.2. The molecule has 0 amide bonds. The minimum Gasteiger partial charge on any atom is -0.298 e. The summed E-state index contributed by atoms with van der Waals surface area (Å²) in [7, 11) is -3.60. The molecule has 0 aromatic heterocycles. The molecule has 4 nitrogen and oxygen atoms in total. The van der Waals surface area contributed by atoms with E-state index in [0.29, 0.717) is 5.92 Å². The Morgan fingerprint density at radius 3 is 2.38 bits per heavy atom. The number of hydrogen-bond donors (Lipinski definition) is 0. The van der Waals surface area contributed by atoms with Crippen LogP contribution in [0.1, 0.15) is 58.8 Å². The molecule has 0 heterocycles. The average Bonchev–Trinajstić information content (AvgIpc) is 3.01. The molecule has 5 heteroatoms. The zero-order valence-corrected chi connectivity index (χ0v) is 13.7. The van der Waals surface area contributed by atoms with Crippen LogP contribution < -0.4 is 0 Å². The van der Waals surface area contributed by atoms with Crippen LogP contribution in [0.2, 0.25) is 0 Å². The Morgan fingerprint density at radius 1 is 1.14 bits per heavy atom. The van der Waals surface area contributed by atoms with E-state index in [2.05, 4.69) is 13.8 Å². The monoisotopic (exact) mass is 312 g/mol. The van der Waals surface area contributed by atoms with Crippen molar-refractivity contribution >= 4 is 15.9 Å². The van der Waals surface area contributed by atoms with Crippen molar-refractivity contribution in [2.45, 2.75) is 64.9 Å². The average molecular weight is 312 g/mol. The van der Waals surface area contributed by atoms with Gasteiger partial charge in [-0.15, -0.1) is 0 Å². The number of hydrogen-bond acceptors (Lipinski definition) is 4. The highest BCUT2D eigenvalue weighted by Gasteiger charge is 2.99. The van der Waals surface area contributed by atoms with Crippen LogP contribution in [0.3, 0.4) is 0 Å². The van der Waals surface area contributed by atoms with Crippen LogP contribution in [0.15, 0.2) is 0 Å². The van der Waals surface area contributed by atoms with E-state index in [4.69, 9.17) is 4.18 Å². The fourth-order valence-electron chi connectivity index (χ4n) is 6.01. The van der Waals surface area contributed by atoms with Gasteiger partial charge >= 0.3 is 0 Å². The van der Waals surface area contributed by atoms with Gasteiger partial charge in [-0.3, -0.25) is 8.98 Å². The van der Waals surface area contributed by atoms with Crippen molar-refractivity contribution in [3.63, 3.8) is 0 Å². The highest BCUT2D eigenvalue weighted by Crippen LogP contribution is 2.94. The SMILES string of the molecule is CC1(C)C2CCC3(CS(=O)(=O)OC4CCCCC4)C(=O)C231. The zero-order valence-electron chi connectivity index (χ0n) is 12.9. The number of ketones is 1. The Bertz CT molecular complexity index is 602. The number of carbonyl (C=O) groups is 1. The van der Waals surface area contributed by atoms with E-state index in [0.717, 1.165) is 38.5 Å². The Kier molecular flexibility index (Phi) is 2.64. The topological polar surface area (TPSA) is 60.4 Å². The summed E-state index contributed by atoms with van der Waals surface area (Å²) in [5, 5.41) is 0. The van der Waals surface area contributed by atoms with E-state index < -0.39 is 15.5 Å². The second-order valence-corrected chi connectivity index (χ2v) is 9.69. The van der Waals surface area contributed by atoms with Gasteiger partial charge < -0.3 is 0 Å². The van der Waals surface area contributed by atoms with Gasteiger partial charge in [-0.05, 0) is 37.0 Å². The van der Waals surface area contributed by atoms with E-state index in [9.17, 15) is 13.2 Å². The molecular weight excluding hydrogens is 288 g/mol. The summed E-state index contributed by atoms with van der Waals surface area (Å²) in [5.74, 6) is 0.532. The lowest BCUT2D eigenvalue weighted by molar-refractivity contribution is -0.114. The molecule has 0 aromatic rings. The predicted octanol–water partition coefficient (Wildman–Crippen LogP) is 2.67. The first-order chi connectivity index (χ1) is 9.78. The Labute approximate surface area is 126 Å². The normalized spacial score (nSPS) is 44.3. The standard InChI is InChI=1S/C16H24O4S/c1-14(2)12-8-9-15(13(17)16(12,14)15)10-21(18,19)20-11-6-4-3-5-7-11/h11-12H,3-10H2,1-2H3. The quantitative estimate of drug-likeness (QED) is 0.749. The number of carbonyl (C=O) groups excluding carboxylic acids is 1. The van der Waals surface area contributed by atoms with Crippen LogP contribution in [-0.2, 0) is 19.1 Å². The van der Waals surface area contributed by atoms with Gasteiger partial charge in [0, 0.05) is 0 Å². The van der Waals surface area contributed by atoms with Gasteiger partial charge in [0.1, 0.15) is 5.78 Å². The van der Waals surface area contributed by atoms with E-state index in [1.165, 1.54) is 6.42 Å². The van der Waals surface area contributed by atoms with Gasteiger partial charge in [0.2, 0.25) is 0 Å². The van der Waals surface area contributed by atoms with Crippen molar-refractivity contribution < 1.29 is 17.4 Å². The van der Waals surface area contributed by atoms with Crippen LogP contribution in [-0.4, -0.2) is 26.1 Å². The Balaban J connectivity index is 1.50. The lowest BCUT2D eigenvalue weighted by Crippen LogP contribution is -2.28. The van der Waals surface area contributed by atoms with Crippen molar-refractivity contribution in [3.8, 4) is 0 Å². The molecule has 4 rings (SSSR count). The maximum atomic E-state index is 12.5. The number of rotatable bonds is 4. The summed E-state index contributed by atoms with van der Waals surface area (Å²) < 4.78 is 30.3. The molecule has 4 fully saturated rings. The summed E-state index contributed by atoms with van der Waals surface area (Å²) in [6, 6.07) is 0. The fraction of sp³-hybridized carbons (Fsp3) is 0.938. The molecule has 1 spiro atoms. The van der Waals surface area contributed by atoms with Gasteiger partial charge in [-0.25, -0.2) is 0 Å². The third-order valence-electron chi connectivity index (χ3n) is 6.93. The molecular formula is C16H24O4S. The van der Waals surface area contributed by atoms with E-state index in [-0.39, 0.29) is 28.5 Å². The minimum atomic E-state index is -3.60. The van der Waals surface area contributed by atoms with Gasteiger partial charge in [0.05, 0.1) is 22.7 Å². The second kappa shape index (κ2) is 3.91. The molecule has 0 bridgehead atoms. The summed E-state index contributed by atoms with van der Waals surface area (Å²) >= 11 is 0. The molecule has 118 valence electrons. The minimum absolute atomic E-state index is 0.00267. The van der Waals surface area contributed by atoms with Crippen LogP contribution in [0, 0.1) is 22.2 Å². The van der Waals surface area contributed by atoms with E-state index in [1.807, 2.05) is 0 Å². The van der Waals surface area contributed by atoms with Crippen molar-refractivity contribution in [1.82, 2.24) is 0 Å². The maximum Gasteiger partial charge on any atom is 0.268 e. The second-order valence-electron chi connectivity index (χ2n) is 8.09. The lowest BCUT2D eigenvalue weighted by atomic mass is 9.93. The van der Waals surface area contributed by atoms with E-state index >= 15 is 0 Å². The van der Waals surface area contributed by atoms with Crippen LogP contribution >= 0.6 is 0 Å². The molecule has 3 unspecified atom stereocenters. The largest absolute Gasteiger partial charge is 0.298 e. The molecule has 4 aliphatic rings. The molecule has 0 radical (unpaired) electrons. The predicted molar refractivity (Wildman–Crippen MR) is 78.1 cm³/mol. The zero-order chi connectivity index (χ0) is 15.1. The Morgan fingerprint density at radius 2 is 1.81 bits per heavy atom. The first-order valence-electron chi connectivity index (χ1n) is 8.24. The first-order valence-corrected chi connectivity index (χ1v) is 9.82. The van der Waals surface area contributed by atoms with Crippen LogP contribution in [0.5, 0.6) is 0 Å². The molecule has 0 saturated heterocycles. The molecule has 21 heavy (non-hydrogen) atoms. The summed E-state index contributed by atoms with van der Waals surface area (Å²) in [4.78, 5) is 12.5. The fourth-order valence-corrected chi connectivity index (χ4v) is 7.79. The summed E-state index contributed by atoms with van der Waals surface area (Å²) in [6.07, 6.45) is 6.51. The summed E-state index contributed by atoms with van der Waals surface area (Å²) in [5.41, 5.74) is -0.916. The molecule has 3 atom stereocenters. The smallest absolute Gasteiger partial charge is 0.268 e. The third kappa shape index (κ3) is 1.55. The van der Waals surface area contributed by atoms with Gasteiger partial charge in [-0.1, -0.05) is 33.1 Å². The van der Waals surface area contributed by atoms with Crippen molar-refractivity contribution in [2.75, 3.05) is 5.75 Å². The highest BCUT2D eigenvalue weighted by atomic mass is 32.2. The van der Waals surface area contributed by atoms with E-state index in [1.54, 1.807) is 0 Å². The van der Waals surface area contributed by atoms with Crippen LogP contribution in [0.4, 0.5) is 0 Å². The van der Waals surface area contributed by atoms with Gasteiger partial charge in [0.15, 0.2) is 0 Å². The van der Waals surface area contributed by atoms with Gasteiger partial charge in [-0.2, -0.15) is 8.42 Å². The van der Waals surface area contributed by atoms with Crippen LogP contribution in [0.25, 0.3) is 0 Å². The summed E-state index contributed by atoms with van der Waals surface area (Å²) in [6.45, 7) is 4.23. The molecule has 4 saturated carbocycles. The molecule has 0 aromatic carbocycles. The van der Waals surface area contributed by atoms with Gasteiger partial charge in [0.25, 0.3) is 10.1 Å². The molecule has 0 aliphatic heterocycles. The van der Waals surface area contributed by atoms with Crippen molar-refractivity contribution in [3.05, 3.63) is 0 Å². The third-order valence-corrected chi connectivity index (χ3v) is 8.34. The van der Waals surface area contributed by atoms with Crippen molar-refractivity contribution in [2.24, 2.45) is 22.2 Å². The van der Waals surface area contributed by atoms with Crippen molar-refractivity contribution in [1.29, 1.82) is 0 Å². The Hall–Kier alpha value is -0.420.